The Kier molecular flexibility index (Phi) is 5.84. The van der Waals surface area contributed by atoms with Gasteiger partial charge in [0.05, 0.1) is 12.7 Å². The maximum Gasteiger partial charge on any atom is 0.365 e. The molecule has 2 N–H and O–H groups in total. The van der Waals surface area contributed by atoms with Crippen LogP contribution in [0.1, 0.15) is 15.9 Å². The number of hydrogen-bond donors (Lipinski definition) is 1. The second kappa shape index (κ2) is 7.85. The number of carbonyl (C=O) groups excluding carboxylic acids is 1. The molecule has 0 saturated carbocycles. The maximum atomic E-state index is 11.8. The van der Waals surface area contributed by atoms with Crippen LogP contribution in [-0.2, 0) is 11.3 Å². The van der Waals surface area contributed by atoms with E-state index in [1.165, 1.54) is 0 Å². The van der Waals surface area contributed by atoms with Gasteiger partial charge in [-0.3, -0.25) is 0 Å². The fourth-order valence-electron chi connectivity index (χ4n) is 1.77. The number of ether oxygens (including phenoxy) is 1. The van der Waals surface area contributed by atoms with Gasteiger partial charge in [-0.25, -0.2) is 4.79 Å². The molecule has 0 heterocycles. The summed E-state index contributed by atoms with van der Waals surface area (Å²) < 4.78 is 5.01. The number of rotatable bonds is 5. The van der Waals surface area contributed by atoms with E-state index in [0.29, 0.717) is 21.4 Å². The first-order chi connectivity index (χ1) is 11.0. The number of amidine groups is 1. The summed E-state index contributed by atoms with van der Waals surface area (Å²) in [6.45, 7) is 0. The van der Waals surface area contributed by atoms with E-state index in [0.717, 1.165) is 5.56 Å². The summed E-state index contributed by atoms with van der Waals surface area (Å²) in [5.74, 6) is 0.149. The second-order valence-electron chi connectivity index (χ2n) is 4.60. The van der Waals surface area contributed by atoms with Crippen molar-refractivity contribution in [2.24, 2.45) is 10.9 Å². The molecule has 0 aliphatic carbocycles. The highest BCUT2D eigenvalue weighted by atomic mass is 35.5. The van der Waals surface area contributed by atoms with E-state index in [-0.39, 0.29) is 12.3 Å². The van der Waals surface area contributed by atoms with Crippen molar-refractivity contribution in [3.05, 3.63) is 63.6 Å². The van der Waals surface area contributed by atoms with Crippen LogP contribution in [0.25, 0.3) is 0 Å². The number of methoxy groups -OCH3 is 1. The van der Waals surface area contributed by atoms with Crippen molar-refractivity contribution in [1.29, 1.82) is 0 Å². The quantitative estimate of drug-likeness (QED) is 0.385. The SMILES string of the molecule is COc1ccc(C(=O)O/N=C(\N)Cc2ccc(Cl)cc2Cl)cc1. The summed E-state index contributed by atoms with van der Waals surface area (Å²) in [5, 5.41) is 4.62. The minimum atomic E-state index is -0.613. The first-order valence-corrected chi connectivity index (χ1v) is 7.37. The second-order valence-corrected chi connectivity index (χ2v) is 5.45. The Morgan fingerprint density at radius 3 is 2.48 bits per heavy atom. The zero-order valence-corrected chi connectivity index (χ0v) is 13.8. The summed E-state index contributed by atoms with van der Waals surface area (Å²) in [5.41, 5.74) is 6.82. The summed E-state index contributed by atoms with van der Waals surface area (Å²) >= 11 is 11.9. The molecule has 0 saturated heterocycles. The first kappa shape index (κ1) is 17.1. The number of nitrogens with two attached hydrogens (primary N) is 1. The van der Waals surface area contributed by atoms with Crippen LogP contribution in [0.2, 0.25) is 10.0 Å². The van der Waals surface area contributed by atoms with Crippen molar-refractivity contribution in [3.63, 3.8) is 0 Å². The summed E-state index contributed by atoms with van der Waals surface area (Å²) in [6, 6.07) is 11.5. The molecule has 0 bridgehead atoms. The molecule has 0 amide bonds. The largest absolute Gasteiger partial charge is 0.497 e. The van der Waals surface area contributed by atoms with Crippen LogP contribution < -0.4 is 10.5 Å². The van der Waals surface area contributed by atoms with E-state index in [4.69, 9.17) is 38.5 Å². The van der Waals surface area contributed by atoms with Crippen molar-refractivity contribution in [3.8, 4) is 5.75 Å². The number of carbonyl (C=O) groups is 1. The minimum Gasteiger partial charge on any atom is -0.497 e. The molecule has 0 radical (unpaired) electrons. The lowest BCUT2D eigenvalue weighted by atomic mass is 10.1. The highest BCUT2D eigenvalue weighted by Gasteiger charge is 2.09. The number of nitrogens with zero attached hydrogens (tertiary/aromatic N) is 1. The molecule has 2 rings (SSSR count). The highest BCUT2D eigenvalue weighted by molar-refractivity contribution is 6.35. The zero-order chi connectivity index (χ0) is 16.8. The third-order valence-electron chi connectivity index (χ3n) is 2.96. The van der Waals surface area contributed by atoms with E-state index in [9.17, 15) is 4.79 Å². The Hall–Kier alpha value is -2.24. The predicted octanol–water partition coefficient (Wildman–Crippen LogP) is 3.67. The molecule has 0 unspecified atom stereocenters. The summed E-state index contributed by atoms with van der Waals surface area (Å²) in [7, 11) is 1.54. The lowest BCUT2D eigenvalue weighted by Gasteiger charge is -2.05. The van der Waals surface area contributed by atoms with Gasteiger partial charge in [-0.1, -0.05) is 34.4 Å². The standard InChI is InChI=1S/C16H14Cl2N2O3/c1-22-13-6-3-10(4-7-13)16(21)23-20-15(19)8-11-2-5-12(17)9-14(11)18/h2-7,9H,8H2,1H3,(H2,19,20). The molecule has 5 nitrogen and oxygen atoms in total. The molecule has 0 fully saturated rings. The van der Waals surface area contributed by atoms with Crippen LogP contribution in [-0.4, -0.2) is 18.9 Å². The van der Waals surface area contributed by atoms with E-state index in [1.54, 1.807) is 49.6 Å². The Labute approximate surface area is 143 Å². The van der Waals surface area contributed by atoms with Crippen molar-refractivity contribution >= 4 is 35.0 Å². The lowest BCUT2D eigenvalue weighted by Crippen LogP contribution is -2.17. The average molecular weight is 353 g/mol. The van der Waals surface area contributed by atoms with E-state index < -0.39 is 5.97 Å². The molecule has 0 aliphatic rings. The summed E-state index contributed by atoms with van der Waals surface area (Å²) in [6.07, 6.45) is 0.242. The van der Waals surface area contributed by atoms with Crippen molar-refractivity contribution < 1.29 is 14.4 Å². The molecule has 2 aromatic rings. The van der Waals surface area contributed by atoms with E-state index >= 15 is 0 Å². The molecule has 120 valence electrons. The first-order valence-electron chi connectivity index (χ1n) is 6.61. The fraction of sp³-hybridized carbons (Fsp3) is 0.125. The van der Waals surface area contributed by atoms with E-state index in [2.05, 4.69) is 5.16 Å². The third-order valence-corrected chi connectivity index (χ3v) is 3.55. The van der Waals surface area contributed by atoms with Gasteiger partial charge in [0.1, 0.15) is 11.6 Å². The third kappa shape index (κ3) is 4.87. The van der Waals surface area contributed by atoms with Gasteiger partial charge in [0.2, 0.25) is 0 Å². The van der Waals surface area contributed by atoms with E-state index in [1.807, 2.05) is 0 Å². The Morgan fingerprint density at radius 1 is 1.17 bits per heavy atom. The number of halogens is 2. The van der Waals surface area contributed by atoms with Gasteiger partial charge in [-0.2, -0.15) is 0 Å². The van der Waals surface area contributed by atoms with Gasteiger partial charge < -0.3 is 15.3 Å². The van der Waals surface area contributed by atoms with Crippen molar-refractivity contribution in [2.75, 3.05) is 7.11 Å². The monoisotopic (exact) mass is 352 g/mol. The fourth-order valence-corrected chi connectivity index (χ4v) is 2.25. The van der Waals surface area contributed by atoms with Crippen LogP contribution in [0.15, 0.2) is 47.6 Å². The molecule has 0 aromatic heterocycles. The van der Waals surface area contributed by atoms with Crippen LogP contribution in [0, 0.1) is 0 Å². The molecular formula is C16H14Cl2N2O3. The Bertz CT molecular complexity index is 731. The average Bonchev–Trinajstić information content (AvgIpc) is 2.55. The van der Waals surface area contributed by atoms with Crippen molar-refractivity contribution in [1.82, 2.24) is 0 Å². The number of hydrogen-bond acceptors (Lipinski definition) is 4. The van der Waals surface area contributed by atoms with Gasteiger partial charge in [0, 0.05) is 16.5 Å². The summed E-state index contributed by atoms with van der Waals surface area (Å²) in [4.78, 5) is 16.7. The Balaban J connectivity index is 1.99. The molecule has 2 aromatic carbocycles. The normalized spacial score (nSPS) is 11.2. The molecule has 7 heteroatoms. The number of oxime groups is 1. The smallest absolute Gasteiger partial charge is 0.365 e. The van der Waals surface area contributed by atoms with Crippen LogP contribution in [0.3, 0.4) is 0 Å². The van der Waals surface area contributed by atoms with Gasteiger partial charge in [0.15, 0.2) is 0 Å². The Morgan fingerprint density at radius 2 is 1.87 bits per heavy atom. The minimum absolute atomic E-state index is 0.121. The molecule has 0 spiro atoms. The molecular weight excluding hydrogens is 339 g/mol. The molecule has 23 heavy (non-hydrogen) atoms. The lowest BCUT2D eigenvalue weighted by molar-refractivity contribution is 0.0515. The van der Waals surface area contributed by atoms with Crippen molar-refractivity contribution in [2.45, 2.75) is 6.42 Å². The highest BCUT2D eigenvalue weighted by Crippen LogP contribution is 2.21. The van der Waals surface area contributed by atoms with Gasteiger partial charge in [-0.05, 0) is 42.0 Å². The zero-order valence-electron chi connectivity index (χ0n) is 12.3. The van der Waals surface area contributed by atoms with Crippen LogP contribution >= 0.6 is 23.2 Å². The van der Waals surface area contributed by atoms with Crippen LogP contribution in [0.5, 0.6) is 5.75 Å². The van der Waals surface area contributed by atoms with Gasteiger partial charge in [-0.15, -0.1) is 0 Å². The van der Waals surface area contributed by atoms with Gasteiger partial charge in [0.25, 0.3) is 0 Å². The topological polar surface area (TPSA) is 73.9 Å². The van der Waals surface area contributed by atoms with Crippen LogP contribution in [0.4, 0.5) is 0 Å². The van der Waals surface area contributed by atoms with Gasteiger partial charge >= 0.3 is 5.97 Å². The molecule has 0 atom stereocenters. The predicted molar refractivity (Wildman–Crippen MR) is 90.2 cm³/mol. The number of benzene rings is 2. The maximum absolute atomic E-state index is 11.8. The molecule has 0 aliphatic heterocycles.